The molecule has 1 heterocycles. The molecule has 0 bridgehead atoms. The molecular weight excluding hydrogens is 481 g/mol. The van der Waals surface area contributed by atoms with Gasteiger partial charge in [-0.1, -0.05) is 53.0 Å². The number of amides is 1. The maximum Gasteiger partial charge on any atom is 0.345 e. The Hall–Kier alpha value is -2.79. The van der Waals surface area contributed by atoms with Crippen molar-refractivity contribution in [1.82, 2.24) is 0 Å². The fourth-order valence-electron chi connectivity index (χ4n) is 3.99. The van der Waals surface area contributed by atoms with Crippen molar-refractivity contribution in [3.05, 3.63) is 98.5 Å². The van der Waals surface area contributed by atoms with E-state index in [0.29, 0.717) is 32.1 Å². The Kier molecular flexibility index (Phi) is 6.28. The fraction of sp³-hybridized carbons (Fsp3) is 0.154. The van der Waals surface area contributed by atoms with Crippen LogP contribution >= 0.6 is 34.8 Å². The van der Waals surface area contributed by atoms with Crippen molar-refractivity contribution in [3.63, 3.8) is 0 Å². The molecule has 0 atom stereocenters. The molecule has 3 aromatic rings. The van der Waals surface area contributed by atoms with Gasteiger partial charge in [0.05, 0.1) is 31.9 Å². The normalized spacial score (nSPS) is 14.4. The molecule has 3 aromatic carbocycles. The highest BCUT2D eigenvalue weighted by Crippen LogP contribution is 2.41. The summed E-state index contributed by atoms with van der Waals surface area (Å²) >= 11 is 18.3. The topological polar surface area (TPSA) is 46.6 Å². The molecule has 1 aliphatic heterocycles. The van der Waals surface area contributed by atoms with Crippen LogP contribution in [0.5, 0.6) is 5.75 Å². The van der Waals surface area contributed by atoms with Crippen LogP contribution in [0.2, 0.25) is 15.1 Å². The van der Waals surface area contributed by atoms with E-state index < -0.39 is 11.5 Å². The molecule has 4 nitrogen and oxygen atoms in total. The SMILES string of the molecule is CC1=CC(C)(C)N(C(=O)c2ccc(Cl)c(Cl)c2)c2ccc(OC(=O)c3ccccc3Cl)cc21. The summed E-state index contributed by atoms with van der Waals surface area (Å²) in [5, 5.41) is 1.01. The summed E-state index contributed by atoms with van der Waals surface area (Å²) < 4.78 is 5.57. The van der Waals surface area contributed by atoms with Crippen LogP contribution in [0.25, 0.3) is 5.57 Å². The summed E-state index contributed by atoms with van der Waals surface area (Å²) in [6.45, 7) is 5.88. The minimum Gasteiger partial charge on any atom is -0.423 e. The Morgan fingerprint density at radius 3 is 2.30 bits per heavy atom. The van der Waals surface area contributed by atoms with Crippen LogP contribution in [0.4, 0.5) is 5.69 Å². The molecule has 0 N–H and O–H groups in total. The minimum absolute atomic E-state index is 0.218. The number of rotatable bonds is 3. The second kappa shape index (κ2) is 8.86. The Labute approximate surface area is 207 Å². The van der Waals surface area contributed by atoms with Gasteiger partial charge in [-0.05, 0) is 74.9 Å². The zero-order valence-corrected chi connectivity index (χ0v) is 20.4. The number of carbonyl (C=O) groups is 2. The molecule has 1 amide bonds. The molecule has 0 spiro atoms. The van der Waals surface area contributed by atoms with Gasteiger partial charge in [0, 0.05) is 11.1 Å². The van der Waals surface area contributed by atoms with E-state index in [-0.39, 0.29) is 11.5 Å². The quantitative estimate of drug-likeness (QED) is 0.273. The predicted octanol–water partition coefficient (Wildman–Crippen LogP) is 7.71. The standard InChI is InChI=1S/C26H20Cl3NO3/c1-15-14-26(2,3)30(24(31)16-8-10-21(28)22(29)12-16)23-11-9-17(13-19(15)23)33-25(32)18-6-4-5-7-20(18)27/h4-14H,1-3H3. The van der Waals surface area contributed by atoms with Crippen LogP contribution in [0.3, 0.4) is 0 Å². The highest BCUT2D eigenvalue weighted by atomic mass is 35.5. The lowest BCUT2D eigenvalue weighted by Gasteiger charge is -2.41. The van der Waals surface area contributed by atoms with Gasteiger partial charge in [-0.25, -0.2) is 4.79 Å². The van der Waals surface area contributed by atoms with Crippen molar-refractivity contribution < 1.29 is 14.3 Å². The van der Waals surface area contributed by atoms with Crippen molar-refractivity contribution in [2.45, 2.75) is 26.3 Å². The second-order valence-electron chi connectivity index (χ2n) is 8.30. The first kappa shape index (κ1) is 23.4. The maximum absolute atomic E-state index is 13.5. The average molecular weight is 501 g/mol. The molecule has 0 saturated heterocycles. The van der Waals surface area contributed by atoms with Crippen molar-refractivity contribution in [2.75, 3.05) is 4.90 Å². The molecule has 0 fully saturated rings. The van der Waals surface area contributed by atoms with E-state index in [1.807, 2.05) is 26.8 Å². The molecule has 0 unspecified atom stereocenters. The minimum atomic E-state index is -0.601. The Balaban J connectivity index is 1.71. The van der Waals surface area contributed by atoms with Crippen molar-refractivity contribution in [3.8, 4) is 5.75 Å². The number of nitrogens with zero attached hydrogens (tertiary/aromatic N) is 1. The summed E-state index contributed by atoms with van der Waals surface area (Å²) in [7, 11) is 0. The van der Waals surface area contributed by atoms with Crippen LogP contribution in [0.1, 0.15) is 47.1 Å². The molecular formula is C26H20Cl3NO3. The summed E-state index contributed by atoms with van der Waals surface area (Å²) in [4.78, 5) is 27.8. The Morgan fingerprint density at radius 1 is 0.879 bits per heavy atom. The third-order valence-corrected chi connectivity index (χ3v) is 6.52. The molecule has 7 heteroatoms. The lowest BCUT2D eigenvalue weighted by atomic mass is 9.88. The zero-order valence-electron chi connectivity index (χ0n) is 18.2. The largest absolute Gasteiger partial charge is 0.423 e. The number of ether oxygens (including phenoxy) is 1. The number of hydrogen-bond donors (Lipinski definition) is 0. The van der Waals surface area contributed by atoms with E-state index in [4.69, 9.17) is 39.5 Å². The van der Waals surface area contributed by atoms with E-state index in [1.165, 1.54) is 0 Å². The van der Waals surface area contributed by atoms with Crippen LogP contribution in [-0.4, -0.2) is 17.4 Å². The number of benzene rings is 3. The molecule has 0 aliphatic carbocycles. The summed E-state index contributed by atoms with van der Waals surface area (Å²) in [5.74, 6) is -0.417. The van der Waals surface area contributed by atoms with Gasteiger partial charge in [-0.3, -0.25) is 9.69 Å². The number of esters is 1. The number of allylic oxidation sites excluding steroid dienone is 1. The van der Waals surface area contributed by atoms with Gasteiger partial charge in [-0.2, -0.15) is 0 Å². The lowest BCUT2D eigenvalue weighted by molar-refractivity contribution is 0.0734. The molecule has 1 aliphatic rings. The Morgan fingerprint density at radius 2 is 1.61 bits per heavy atom. The van der Waals surface area contributed by atoms with Crippen molar-refractivity contribution in [2.24, 2.45) is 0 Å². The molecule has 168 valence electrons. The first-order chi connectivity index (χ1) is 15.6. The van der Waals surface area contributed by atoms with Crippen LogP contribution in [0.15, 0.2) is 66.7 Å². The van der Waals surface area contributed by atoms with Crippen molar-refractivity contribution >= 4 is 57.9 Å². The summed E-state index contributed by atoms with van der Waals surface area (Å²) in [6.07, 6.45) is 2.00. The second-order valence-corrected chi connectivity index (χ2v) is 9.52. The number of hydrogen-bond acceptors (Lipinski definition) is 3. The molecule has 4 rings (SSSR count). The van der Waals surface area contributed by atoms with Gasteiger partial charge >= 0.3 is 5.97 Å². The first-order valence-corrected chi connectivity index (χ1v) is 11.3. The number of anilines is 1. The highest BCUT2D eigenvalue weighted by Gasteiger charge is 2.36. The maximum atomic E-state index is 13.5. The van der Waals surface area contributed by atoms with Gasteiger partial charge < -0.3 is 4.74 Å². The highest BCUT2D eigenvalue weighted by molar-refractivity contribution is 6.42. The molecule has 0 radical (unpaired) electrons. The Bertz CT molecular complexity index is 1310. The summed E-state index contributed by atoms with van der Waals surface area (Å²) in [6, 6.07) is 16.7. The van der Waals surface area contributed by atoms with Gasteiger partial charge in [0.15, 0.2) is 0 Å². The summed E-state index contributed by atoms with van der Waals surface area (Å²) in [5.41, 5.74) is 2.55. The average Bonchev–Trinajstić information content (AvgIpc) is 2.75. The van der Waals surface area contributed by atoms with E-state index in [9.17, 15) is 9.59 Å². The fourth-order valence-corrected chi connectivity index (χ4v) is 4.50. The third-order valence-electron chi connectivity index (χ3n) is 5.45. The van der Waals surface area contributed by atoms with Crippen LogP contribution in [-0.2, 0) is 0 Å². The zero-order chi connectivity index (χ0) is 23.9. The van der Waals surface area contributed by atoms with E-state index in [1.54, 1.807) is 65.6 Å². The monoisotopic (exact) mass is 499 g/mol. The molecule has 0 saturated carbocycles. The van der Waals surface area contributed by atoms with Crippen molar-refractivity contribution in [1.29, 1.82) is 0 Å². The van der Waals surface area contributed by atoms with Gasteiger partial charge in [0.25, 0.3) is 5.91 Å². The predicted molar refractivity (Wildman–Crippen MR) is 134 cm³/mol. The third kappa shape index (κ3) is 4.51. The first-order valence-electron chi connectivity index (χ1n) is 10.2. The van der Waals surface area contributed by atoms with Crippen LogP contribution < -0.4 is 9.64 Å². The van der Waals surface area contributed by atoms with Gasteiger partial charge in [0.1, 0.15) is 5.75 Å². The number of halogens is 3. The molecule has 33 heavy (non-hydrogen) atoms. The van der Waals surface area contributed by atoms with E-state index in [0.717, 1.165) is 11.1 Å². The van der Waals surface area contributed by atoms with Crippen LogP contribution in [0, 0.1) is 0 Å². The number of carbonyl (C=O) groups excluding carboxylic acids is 2. The van der Waals surface area contributed by atoms with E-state index >= 15 is 0 Å². The lowest BCUT2D eigenvalue weighted by Crippen LogP contribution is -2.49. The van der Waals surface area contributed by atoms with Gasteiger partial charge in [-0.15, -0.1) is 0 Å². The smallest absolute Gasteiger partial charge is 0.345 e. The van der Waals surface area contributed by atoms with E-state index in [2.05, 4.69) is 0 Å². The molecule has 0 aromatic heterocycles. The van der Waals surface area contributed by atoms with Gasteiger partial charge in [0.2, 0.25) is 0 Å². The number of fused-ring (bicyclic) bond motifs is 1.